The van der Waals surface area contributed by atoms with Gasteiger partial charge in [0.2, 0.25) is 0 Å². The zero-order valence-corrected chi connectivity index (χ0v) is 16.2. The highest BCUT2D eigenvalue weighted by Gasteiger charge is 2.35. The highest BCUT2D eigenvalue weighted by atomic mass is 32.2. The van der Waals surface area contributed by atoms with Crippen molar-refractivity contribution in [3.05, 3.63) is 58.9 Å². The van der Waals surface area contributed by atoms with E-state index in [9.17, 15) is 9.59 Å². The third-order valence-corrected chi connectivity index (χ3v) is 5.52. The second-order valence-corrected chi connectivity index (χ2v) is 8.18. The first kappa shape index (κ1) is 19.9. The molecule has 0 radical (unpaired) electrons. The van der Waals surface area contributed by atoms with Gasteiger partial charge in [-0.3, -0.25) is 0 Å². The third-order valence-electron chi connectivity index (χ3n) is 4.38. The normalized spacial score (nSPS) is 17.0. The summed E-state index contributed by atoms with van der Waals surface area (Å²) in [6, 6.07) is 8.90. The number of rotatable bonds is 3. The van der Waals surface area contributed by atoms with E-state index in [1.165, 1.54) is 24.0 Å². The Morgan fingerprint density at radius 2 is 2.07 bits per heavy atom. The molecule has 1 aromatic heterocycles. The van der Waals surface area contributed by atoms with Crippen LogP contribution in [0.1, 0.15) is 47.4 Å². The summed E-state index contributed by atoms with van der Waals surface area (Å²) >= 11 is 1.46. The lowest BCUT2D eigenvalue weighted by atomic mass is 9.80. The molecule has 1 aliphatic rings. The number of carboxylic acids is 1. The minimum Gasteiger partial charge on any atom is -0.478 e. The molecule has 1 aliphatic heterocycles. The number of carboxylic acid groups (broad SMARTS) is 1. The van der Waals surface area contributed by atoms with Crippen LogP contribution in [0.3, 0.4) is 0 Å². The number of aromatic nitrogens is 1. The molecular formula is C21H19NO5S. The Kier molecular flexibility index (Phi) is 5.73. The molecule has 0 bridgehead atoms. The number of aliphatic hydroxyl groups excluding tert-OH is 1. The number of nitrogens with zero attached hydrogens (tertiary/aromatic N) is 1. The van der Waals surface area contributed by atoms with Crippen molar-refractivity contribution in [3.63, 3.8) is 0 Å². The van der Waals surface area contributed by atoms with Gasteiger partial charge in [0, 0.05) is 23.1 Å². The number of fused-ring (bicyclic) bond motifs is 1. The number of aliphatic hydroxyl groups is 1. The molecule has 1 atom stereocenters. The Morgan fingerprint density at radius 1 is 1.29 bits per heavy atom. The van der Waals surface area contributed by atoms with Gasteiger partial charge in [-0.15, -0.1) is 0 Å². The largest absolute Gasteiger partial charge is 0.478 e. The first-order valence-electron chi connectivity index (χ1n) is 8.61. The van der Waals surface area contributed by atoms with E-state index in [-0.39, 0.29) is 16.4 Å². The van der Waals surface area contributed by atoms with Gasteiger partial charge in [0.1, 0.15) is 12.3 Å². The summed E-state index contributed by atoms with van der Waals surface area (Å²) in [5.41, 5.74) is 2.00. The number of ether oxygens (including phenoxy) is 1. The van der Waals surface area contributed by atoms with Crippen LogP contribution in [-0.4, -0.2) is 39.2 Å². The van der Waals surface area contributed by atoms with Crippen molar-refractivity contribution in [1.29, 1.82) is 0 Å². The van der Waals surface area contributed by atoms with E-state index in [2.05, 4.69) is 30.7 Å². The van der Waals surface area contributed by atoms with Gasteiger partial charge in [0.25, 0.3) is 0 Å². The second kappa shape index (κ2) is 8.05. The van der Waals surface area contributed by atoms with E-state index in [0.717, 1.165) is 16.0 Å². The topological polar surface area (TPSA) is 96.7 Å². The Hall–Kier alpha value is -2.82. The van der Waals surface area contributed by atoms with Crippen LogP contribution in [0.25, 0.3) is 0 Å². The third kappa shape index (κ3) is 4.53. The molecule has 1 unspecified atom stereocenters. The monoisotopic (exact) mass is 397 g/mol. The maximum Gasteiger partial charge on any atom is 0.337 e. The van der Waals surface area contributed by atoms with Crippen molar-refractivity contribution >= 4 is 23.7 Å². The van der Waals surface area contributed by atoms with Gasteiger partial charge in [-0.2, -0.15) is 0 Å². The summed E-state index contributed by atoms with van der Waals surface area (Å²) in [5.74, 6) is 4.36. The molecule has 2 heterocycles. The van der Waals surface area contributed by atoms with Gasteiger partial charge in [-0.05, 0) is 47.2 Å². The molecule has 6 nitrogen and oxygen atoms in total. The van der Waals surface area contributed by atoms with E-state index in [1.54, 1.807) is 6.07 Å². The molecule has 3 rings (SSSR count). The first-order chi connectivity index (χ1) is 13.3. The molecule has 28 heavy (non-hydrogen) atoms. The highest BCUT2D eigenvalue weighted by Crippen LogP contribution is 2.46. The van der Waals surface area contributed by atoms with Crippen LogP contribution >= 0.6 is 11.8 Å². The van der Waals surface area contributed by atoms with Gasteiger partial charge < -0.3 is 14.9 Å². The number of thioether (sulfide) groups is 1. The van der Waals surface area contributed by atoms with Gasteiger partial charge in [-0.25, -0.2) is 14.6 Å². The van der Waals surface area contributed by atoms with Crippen LogP contribution in [0.2, 0.25) is 0 Å². The maximum atomic E-state index is 11.4. The average Bonchev–Trinajstić information content (AvgIpc) is 2.66. The fourth-order valence-electron chi connectivity index (χ4n) is 2.93. The minimum atomic E-state index is -1.02. The number of hydrogen-bond acceptors (Lipinski definition) is 6. The van der Waals surface area contributed by atoms with E-state index in [1.807, 2.05) is 18.2 Å². The molecule has 0 saturated carbocycles. The van der Waals surface area contributed by atoms with E-state index in [4.69, 9.17) is 14.9 Å². The quantitative estimate of drug-likeness (QED) is 0.607. The van der Waals surface area contributed by atoms with Crippen molar-refractivity contribution in [3.8, 4) is 11.8 Å². The standard InChI is InChI=1S/C21H19NO5S/c1-21(2)10-19(27-18(24)12-23)28-17-8-4-13(9-16(17)21)3-6-15-7-5-14(11-22-15)20(25)26/h4-5,7-9,11,19,23H,10,12H2,1-2H3,(H,25,26). The summed E-state index contributed by atoms with van der Waals surface area (Å²) in [6.45, 7) is 3.53. The molecule has 0 fully saturated rings. The van der Waals surface area contributed by atoms with Crippen LogP contribution in [0.15, 0.2) is 41.4 Å². The molecule has 1 aromatic carbocycles. The van der Waals surface area contributed by atoms with Crippen LogP contribution in [0.5, 0.6) is 0 Å². The molecule has 0 amide bonds. The van der Waals surface area contributed by atoms with E-state index < -0.39 is 18.5 Å². The summed E-state index contributed by atoms with van der Waals surface area (Å²) in [4.78, 5) is 27.3. The molecule has 2 N–H and O–H groups in total. The Bertz CT molecular complexity index is 973. The van der Waals surface area contributed by atoms with Gasteiger partial charge in [0.05, 0.1) is 5.56 Å². The van der Waals surface area contributed by atoms with Crippen LogP contribution in [0.4, 0.5) is 0 Å². The highest BCUT2D eigenvalue weighted by molar-refractivity contribution is 7.99. The number of hydrogen-bond donors (Lipinski definition) is 2. The molecule has 144 valence electrons. The SMILES string of the molecule is CC1(C)CC(OC(=O)CO)Sc2ccc(C#Cc3ccc(C(=O)O)cn3)cc21. The molecular weight excluding hydrogens is 378 g/mol. The molecule has 0 spiro atoms. The van der Waals surface area contributed by atoms with Crippen LogP contribution in [-0.2, 0) is 14.9 Å². The Balaban J connectivity index is 1.82. The maximum absolute atomic E-state index is 11.4. The summed E-state index contributed by atoms with van der Waals surface area (Å²) < 4.78 is 5.29. The van der Waals surface area contributed by atoms with Crippen molar-refractivity contribution in [2.24, 2.45) is 0 Å². The van der Waals surface area contributed by atoms with Crippen molar-refractivity contribution in [2.75, 3.05) is 6.61 Å². The summed E-state index contributed by atoms with van der Waals surface area (Å²) in [5, 5.41) is 17.8. The summed E-state index contributed by atoms with van der Waals surface area (Å²) in [7, 11) is 0. The fraction of sp³-hybridized carbons (Fsp3) is 0.286. The number of carbonyl (C=O) groups is 2. The number of aromatic carboxylic acids is 1. The zero-order valence-electron chi connectivity index (χ0n) is 15.4. The fourth-order valence-corrected chi connectivity index (χ4v) is 4.48. The van der Waals surface area contributed by atoms with Crippen molar-refractivity contribution in [1.82, 2.24) is 4.98 Å². The number of benzene rings is 1. The lowest BCUT2D eigenvalue weighted by molar-refractivity contribution is -0.149. The number of pyridine rings is 1. The lowest BCUT2D eigenvalue weighted by Gasteiger charge is -2.36. The van der Waals surface area contributed by atoms with Crippen LogP contribution < -0.4 is 0 Å². The molecule has 2 aromatic rings. The smallest absolute Gasteiger partial charge is 0.337 e. The first-order valence-corrected chi connectivity index (χ1v) is 9.49. The minimum absolute atomic E-state index is 0.120. The number of carbonyl (C=O) groups excluding carboxylic acids is 1. The number of esters is 1. The molecule has 0 saturated heterocycles. The van der Waals surface area contributed by atoms with Gasteiger partial charge in [-0.1, -0.05) is 31.5 Å². The predicted octanol–water partition coefficient (Wildman–Crippen LogP) is 2.81. The van der Waals surface area contributed by atoms with Crippen molar-refractivity contribution in [2.45, 2.75) is 36.0 Å². The van der Waals surface area contributed by atoms with Crippen molar-refractivity contribution < 1.29 is 24.5 Å². The Morgan fingerprint density at radius 3 is 2.71 bits per heavy atom. The van der Waals surface area contributed by atoms with E-state index >= 15 is 0 Å². The van der Waals surface area contributed by atoms with Gasteiger partial charge in [0.15, 0.2) is 5.44 Å². The predicted molar refractivity (Wildman–Crippen MR) is 104 cm³/mol. The molecule has 7 heteroatoms. The molecule has 0 aliphatic carbocycles. The zero-order chi connectivity index (χ0) is 20.3. The lowest BCUT2D eigenvalue weighted by Crippen LogP contribution is -2.31. The van der Waals surface area contributed by atoms with Crippen LogP contribution in [0, 0.1) is 11.8 Å². The average molecular weight is 397 g/mol. The summed E-state index contributed by atoms with van der Waals surface area (Å²) in [6.07, 6.45) is 1.91. The van der Waals surface area contributed by atoms with E-state index in [0.29, 0.717) is 12.1 Å². The Labute approximate surface area is 166 Å². The second-order valence-electron chi connectivity index (χ2n) is 6.98. The van der Waals surface area contributed by atoms with Gasteiger partial charge >= 0.3 is 11.9 Å².